The van der Waals surface area contributed by atoms with Crippen LogP contribution in [0.4, 0.5) is 4.39 Å². The van der Waals surface area contributed by atoms with E-state index in [4.69, 9.17) is 17.0 Å². The molecular weight excluding hydrogens is 153 g/mol. The van der Waals surface area contributed by atoms with E-state index in [9.17, 15) is 4.39 Å². The second-order valence-electron chi connectivity index (χ2n) is 1.81. The van der Waals surface area contributed by atoms with Gasteiger partial charge in [0.1, 0.15) is 5.82 Å². The van der Waals surface area contributed by atoms with Crippen LogP contribution < -0.4 is 0 Å². The molecule has 1 aromatic carbocycles. The predicted octanol–water partition coefficient (Wildman–Crippen LogP) is 2.48. The smallest absolute Gasteiger partial charge is 0.133 e. The molecule has 0 aromatic heterocycles. The zero-order valence-electron chi connectivity index (χ0n) is 5.07. The summed E-state index contributed by atoms with van der Waals surface area (Å²) in [6.45, 7) is 0. The van der Waals surface area contributed by atoms with Gasteiger partial charge in [0, 0.05) is 16.8 Å². The van der Waals surface area contributed by atoms with E-state index >= 15 is 0 Å². The van der Waals surface area contributed by atoms with Crippen LogP contribution in [0.1, 0.15) is 5.56 Å². The summed E-state index contributed by atoms with van der Waals surface area (Å²) in [5.74, 6) is -0.456. The molecule has 0 saturated carbocycles. The first-order valence-electron chi connectivity index (χ1n) is 2.69. The van der Waals surface area contributed by atoms with Crippen LogP contribution in [0.25, 0.3) is 0 Å². The minimum absolute atomic E-state index is 0.254. The van der Waals surface area contributed by atoms with Crippen LogP contribution in [-0.2, 0) is 0 Å². The molecule has 0 radical (unpaired) electrons. The number of rotatable bonds is 1. The van der Waals surface area contributed by atoms with Gasteiger partial charge in [0.2, 0.25) is 0 Å². The molecule has 0 heterocycles. The Balaban J connectivity index is 3.19. The van der Waals surface area contributed by atoms with E-state index in [0.29, 0.717) is 5.02 Å². The van der Waals surface area contributed by atoms with Crippen LogP contribution in [0.15, 0.2) is 18.2 Å². The molecule has 1 nitrogen and oxygen atoms in total. The summed E-state index contributed by atoms with van der Waals surface area (Å²) in [6.07, 6.45) is 0.950. The molecule has 10 heavy (non-hydrogen) atoms. The Bertz CT molecular complexity index is 260. The normalized spacial score (nSPS) is 9.40. The van der Waals surface area contributed by atoms with Gasteiger partial charge in [-0.3, -0.25) is 0 Å². The van der Waals surface area contributed by atoms with Crippen molar-refractivity contribution in [2.75, 3.05) is 0 Å². The Hall–Kier alpha value is -0.890. The average Bonchev–Trinajstić information content (AvgIpc) is 1.88. The summed E-state index contributed by atoms with van der Waals surface area (Å²) in [7, 11) is 0. The molecule has 0 saturated heterocycles. The number of nitrogens with one attached hydrogen (secondary N) is 1. The highest BCUT2D eigenvalue weighted by atomic mass is 35.5. The highest BCUT2D eigenvalue weighted by Crippen LogP contribution is 2.12. The predicted molar refractivity (Wildman–Crippen MR) is 39.3 cm³/mol. The van der Waals surface area contributed by atoms with Crippen molar-refractivity contribution in [3.8, 4) is 0 Å². The van der Waals surface area contributed by atoms with Gasteiger partial charge >= 0.3 is 0 Å². The zero-order chi connectivity index (χ0) is 7.56. The molecule has 0 fully saturated rings. The van der Waals surface area contributed by atoms with Crippen molar-refractivity contribution in [1.29, 1.82) is 5.41 Å². The quantitative estimate of drug-likeness (QED) is 0.606. The molecule has 1 aromatic rings. The molecule has 3 heteroatoms. The molecule has 0 atom stereocenters. The fourth-order valence-electron chi connectivity index (χ4n) is 0.619. The van der Waals surface area contributed by atoms with Crippen LogP contribution >= 0.6 is 11.6 Å². The van der Waals surface area contributed by atoms with Crippen LogP contribution in [0.3, 0.4) is 0 Å². The van der Waals surface area contributed by atoms with Crippen molar-refractivity contribution in [3.05, 3.63) is 34.6 Å². The molecule has 0 aliphatic rings. The van der Waals surface area contributed by atoms with Crippen LogP contribution in [-0.4, -0.2) is 6.21 Å². The fraction of sp³-hybridized carbons (Fsp3) is 0. The first-order chi connectivity index (χ1) is 4.74. The van der Waals surface area contributed by atoms with Crippen LogP contribution in [0.2, 0.25) is 5.02 Å². The first kappa shape index (κ1) is 7.22. The van der Waals surface area contributed by atoms with Crippen molar-refractivity contribution in [2.24, 2.45) is 0 Å². The monoisotopic (exact) mass is 157 g/mol. The highest BCUT2D eigenvalue weighted by molar-refractivity contribution is 6.30. The second-order valence-corrected chi connectivity index (χ2v) is 2.25. The topological polar surface area (TPSA) is 23.9 Å². The van der Waals surface area contributed by atoms with Gasteiger partial charge < -0.3 is 5.41 Å². The standard InChI is InChI=1S/C7H5ClFN/c8-6-2-1-5(4-10)7(9)3-6/h1-4,10H. The molecular formula is C7H5ClFN. The number of halogens is 2. The Kier molecular flexibility index (Phi) is 2.02. The molecule has 0 bridgehead atoms. The van der Waals surface area contributed by atoms with Gasteiger partial charge in [-0.25, -0.2) is 4.39 Å². The molecule has 0 spiro atoms. The summed E-state index contributed by atoms with van der Waals surface area (Å²) in [5, 5.41) is 7.10. The summed E-state index contributed by atoms with van der Waals surface area (Å²) in [5.41, 5.74) is 0.254. The molecule has 0 aliphatic heterocycles. The summed E-state index contributed by atoms with van der Waals surface area (Å²) in [6, 6.07) is 4.19. The minimum Gasteiger partial charge on any atom is -0.308 e. The lowest BCUT2D eigenvalue weighted by Crippen LogP contribution is -1.85. The lowest BCUT2D eigenvalue weighted by atomic mass is 10.2. The third kappa shape index (κ3) is 1.33. The lowest BCUT2D eigenvalue weighted by molar-refractivity contribution is 0.626. The van der Waals surface area contributed by atoms with E-state index in [0.717, 1.165) is 6.21 Å². The van der Waals surface area contributed by atoms with E-state index < -0.39 is 5.82 Å². The molecule has 0 aliphatic carbocycles. The van der Waals surface area contributed by atoms with E-state index in [2.05, 4.69) is 0 Å². The van der Waals surface area contributed by atoms with Crippen LogP contribution in [0.5, 0.6) is 0 Å². The van der Waals surface area contributed by atoms with Gasteiger partial charge in [-0.05, 0) is 18.2 Å². The molecule has 52 valence electrons. The van der Waals surface area contributed by atoms with Crippen molar-refractivity contribution >= 4 is 17.8 Å². The second kappa shape index (κ2) is 2.80. The molecule has 1 rings (SSSR count). The van der Waals surface area contributed by atoms with Crippen LogP contribution in [0, 0.1) is 11.2 Å². The van der Waals surface area contributed by atoms with Gasteiger partial charge in [0.05, 0.1) is 0 Å². The molecule has 0 amide bonds. The third-order valence-electron chi connectivity index (χ3n) is 1.12. The van der Waals surface area contributed by atoms with E-state index in [1.54, 1.807) is 6.07 Å². The van der Waals surface area contributed by atoms with Crippen molar-refractivity contribution < 1.29 is 4.39 Å². The summed E-state index contributed by atoms with van der Waals surface area (Å²) in [4.78, 5) is 0. The first-order valence-corrected chi connectivity index (χ1v) is 3.07. The fourth-order valence-corrected chi connectivity index (χ4v) is 0.777. The number of benzene rings is 1. The van der Waals surface area contributed by atoms with E-state index in [1.165, 1.54) is 12.1 Å². The van der Waals surface area contributed by atoms with Crippen molar-refractivity contribution in [1.82, 2.24) is 0 Å². The maximum atomic E-state index is 12.6. The maximum absolute atomic E-state index is 12.6. The zero-order valence-corrected chi connectivity index (χ0v) is 5.82. The minimum atomic E-state index is -0.456. The largest absolute Gasteiger partial charge is 0.308 e. The summed E-state index contributed by atoms with van der Waals surface area (Å²) >= 11 is 5.46. The number of hydrogen-bond acceptors (Lipinski definition) is 1. The van der Waals surface area contributed by atoms with Crippen molar-refractivity contribution in [2.45, 2.75) is 0 Å². The average molecular weight is 158 g/mol. The Morgan fingerprint density at radius 3 is 2.70 bits per heavy atom. The van der Waals surface area contributed by atoms with Gasteiger partial charge in [-0.15, -0.1) is 0 Å². The molecule has 1 N–H and O–H groups in total. The summed E-state index contributed by atoms with van der Waals surface area (Å²) < 4.78 is 12.6. The van der Waals surface area contributed by atoms with E-state index in [1.807, 2.05) is 0 Å². The van der Waals surface area contributed by atoms with E-state index in [-0.39, 0.29) is 5.56 Å². The highest BCUT2D eigenvalue weighted by Gasteiger charge is 1.97. The van der Waals surface area contributed by atoms with Crippen molar-refractivity contribution in [3.63, 3.8) is 0 Å². The maximum Gasteiger partial charge on any atom is 0.133 e. The third-order valence-corrected chi connectivity index (χ3v) is 1.35. The van der Waals surface area contributed by atoms with Gasteiger partial charge in [0.15, 0.2) is 0 Å². The lowest BCUT2D eigenvalue weighted by Gasteiger charge is -1.93. The number of hydrogen-bond donors (Lipinski definition) is 1. The van der Waals surface area contributed by atoms with Gasteiger partial charge in [0.25, 0.3) is 0 Å². The SMILES string of the molecule is N=Cc1ccc(Cl)cc1F. The van der Waals surface area contributed by atoms with Gasteiger partial charge in [-0.2, -0.15) is 0 Å². The Labute approximate surface area is 63.0 Å². The Morgan fingerprint density at radius 2 is 2.20 bits per heavy atom. The molecule has 0 unspecified atom stereocenters. The Morgan fingerprint density at radius 1 is 1.50 bits per heavy atom. The van der Waals surface area contributed by atoms with Gasteiger partial charge in [-0.1, -0.05) is 11.6 Å².